The standard InChI is InChI=1S/C25H11BrClN3O8S/c26-14-3-8-19(37-25(32)22-21(27)17-7-6-16(30(35)36)11-20(17)39-22)13(9-14)10-18-24(31)38-23(28-18)12-1-4-15(5-2-12)29(33)34/h1-11H/b18-10+. The highest BCUT2D eigenvalue weighted by Gasteiger charge is 2.26. The van der Waals surface area contributed by atoms with Gasteiger partial charge in [0.05, 0.1) is 14.9 Å². The normalized spacial score (nSPS) is 13.8. The van der Waals surface area contributed by atoms with Crippen LogP contribution in [-0.4, -0.2) is 27.7 Å². The third kappa shape index (κ3) is 5.27. The number of non-ortho nitro benzene ring substituents is 2. The zero-order valence-electron chi connectivity index (χ0n) is 19.1. The van der Waals surface area contributed by atoms with Crippen LogP contribution in [-0.2, 0) is 9.53 Å². The van der Waals surface area contributed by atoms with Crippen molar-refractivity contribution in [2.75, 3.05) is 0 Å². The number of benzene rings is 3. The number of esters is 2. The molecule has 14 heteroatoms. The minimum Gasteiger partial charge on any atom is -0.422 e. The lowest BCUT2D eigenvalue weighted by Gasteiger charge is -2.08. The molecule has 3 aromatic carbocycles. The number of nitro benzene ring substituents is 2. The van der Waals surface area contributed by atoms with Crippen LogP contribution in [0.4, 0.5) is 11.4 Å². The van der Waals surface area contributed by atoms with E-state index in [0.29, 0.717) is 25.7 Å². The maximum Gasteiger partial charge on any atom is 0.363 e. The molecule has 0 saturated heterocycles. The second kappa shape index (κ2) is 10.4. The number of carbonyl (C=O) groups is 2. The zero-order valence-corrected chi connectivity index (χ0v) is 22.3. The van der Waals surface area contributed by atoms with Crippen molar-refractivity contribution in [2.45, 2.75) is 0 Å². The highest BCUT2D eigenvalue weighted by molar-refractivity contribution is 9.10. The molecule has 1 aromatic heterocycles. The maximum atomic E-state index is 13.0. The molecule has 39 heavy (non-hydrogen) atoms. The maximum absolute atomic E-state index is 13.0. The molecule has 4 aromatic rings. The van der Waals surface area contributed by atoms with Crippen molar-refractivity contribution < 1.29 is 28.9 Å². The second-order valence-electron chi connectivity index (χ2n) is 7.89. The molecule has 2 heterocycles. The van der Waals surface area contributed by atoms with E-state index in [9.17, 15) is 29.8 Å². The number of hydrogen-bond acceptors (Lipinski definition) is 10. The Morgan fingerprint density at radius 2 is 1.72 bits per heavy atom. The van der Waals surface area contributed by atoms with Gasteiger partial charge in [-0.1, -0.05) is 27.5 Å². The van der Waals surface area contributed by atoms with Crippen LogP contribution in [0.1, 0.15) is 20.8 Å². The largest absolute Gasteiger partial charge is 0.422 e. The van der Waals surface area contributed by atoms with Gasteiger partial charge in [-0.2, -0.15) is 0 Å². The number of carbonyl (C=O) groups excluding carboxylic acids is 2. The van der Waals surface area contributed by atoms with E-state index in [1.54, 1.807) is 12.1 Å². The molecule has 1 aliphatic rings. The minimum absolute atomic E-state index is 0.0409. The first kappa shape index (κ1) is 26.2. The number of hydrogen-bond donors (Lipinski definition) is 0. The van der Waals surface area contributed by atoms with Crippen molar-refractivity contribution >= 4 is 84.2 Å². The van der Waals surface area contributed by atoms with Gasteiger partial charge in [-0.3, -0.25) is 20.2 Å². The Morgan fingerprint density at radius 1 is 1.03 bits per heavy atom. The van der Waals surface area contributed by atoms with Crippen LogP contribution in [0.15, 0.2) is 75.8 Å². The lowest BCUT2D eigenvalue weighted by molar-refractivity contribution is -0.385. The molecule has 1 aliphatic heterocycles. The molecule has 0 amide bonds. The molecular formula is C25H11BrClN3O8S. The molecule has 0 aliphatic carbocycles. The number of aliphatic imine (C=N–C) groups is 1. The van der Waals surface area contributed by atoms with Crippen LogP contribution in [0.25, 0.3) is 16.2 Å². The van der Waals surface area contributed by atoms with Gasteiger partial charge in [0.1, 0.15) is 10.6 Å². The Hall–Kier alpha value is -4.46. The number of cyclic esters (lactones) is 1. The van der Waals surface area contributed by atoms with Crippen LogP contribution >= 0.6 is 38.9 Å². The average Bonchev–Trinajstić information content (AvgIpc) is 3.44. The van der Waals surface area contributed by atoms with Crippen molar-refractivity contribution in [3.8, 4) is 5.75 Å². The Labute approximate surface area is 235 Å². The van der Waals surface area contributed by atoms with Crippen molar-refractivity contribution in [1.29, 1.82) is 0 Å². The van der Waals surface area contributed by atoms with Crippen molar-refractivity contribution in [2.24, 2.45) is 4.99 Å². The van der Waals surface area contributed by atoms with E-state index < -0.39 is 21.8 Å². The fourth-order valence-electron chi connectivity index (χ4n) is 3.58. The number of nitro groups is 2. The van der Waals surface area contributed by atoms with Crippen molar-refractivity contribution in [3.63, 3.8) is 0 Å². The molecule has 5 rings (SSSR count). The third-order valence-corrected chi connectivity index (χ3v) is 7.55. The van der Waals surface area contributed by atoms with Gasteiger partial charge >= 0.3 is 11.9 Å². The minimum atomic E-state index is -0.796. The highest BCUT2D eigenvalue weighted by Crippen LogP contribution is 2.38. The van der Waals surface area contributed by atoms with Gasteiger partial charge in [0.15, 0.2) is 5.70 Å². The monoisotopic (exact) mass is 627 g/mol. The Morgan fingerprint density at radius 3 is 2.41 bits per heavy atom. The summed E-state index contributed by atoms with van der Waals surface area (Å²) in [6.07, 6.45) is 1.37. The molecule has 194 valence electrons. The summed E-state index contributed by atoms with van der Waals surface area (Å²) < 4.78 is 11.9. The van der Waals surface area contributed by atoms with Gasteiger partial charge in [-0.05, 0) is 42.5 Å². The summed E-state index contributed by atoms with van der Waals surface area (Å²) in [5.74, 6) is -1.52. The number of thiophene rings is 1. The first-order valence-corrected chi connectivity index (χ1v) is 12.7. The van der Waals surface area contributed by atoms with E-state index in [1.807, 2.05) is 0 Å². The van der Waals surface area contributed by atoms with Crippen LogP contribution < -0.4 is 4.74 Å². The molecule has 0 fully saturated rings. The third-order valence-electron chi connectivity index (χ3n) is 5.42. The van der Waals surface area contributed by atoms with E-state index >= 15 is 0 Å². The van der Waals surface area contributed by atoms with Crippen LogP contribution in [0, 0.1) is 20.2 Å². The highest BCUT2D eigenvalue weighted by atomic mass is 79.9. The summed E-state index contributed by atoms with van der Waals surface area (Å²) in [6.45, 7) is 0. The lowest BCUT2D eigenvalue weighted by Crippen LogP contribution is -2.08. The molecular weight excluding hydrogens is 618 g/mol. The summed E-state index contributed by atoms with van der Waals surface area (Å²) in [7, 11) is 0. The summed E-state index contributed by atoms with van der Waals surface area (Å²) in [4.78, 5) is 50.7. The summed E-state index contributed by atoms with van der Waals surface area (Å²) in [5, 5.41) is 22.5. The summed E-state index contributed by atoms with van der Waals surface area (Å²) in [5.41, 5.74) is 0.311. The van der Waals surface area contributed by atoms with Gasteiger partial charge in [-0.25, -0.2) is 14.6 Å². The van der Waals surface area contributed by atoms with Crippen LogP contribution in [0.2, 0.25) is 5.02 Å². The smallest absolute Gasteiger partial charge is 0.363 e. The zero-order chi connectivity index (χ0) is 27.8. The average molecular weight is 629 g/mol. The molecule has 11 nitrogen and oxygen atoms in total. The predicted octanol–water partition coefficient (Wildman–Crippen LogP) is 6.70. The molecule has 0 spiro atoms. The number of halogens is 2. The van der Waals surface area contributed by atoms with E-state index in [2.05, 4.69) is 20.9 Å². The van der Waals surface area contributed by atoms with Gasteiger partial charge in [0, 0.05) is 50.0 Å². The first-order chi connectivity index (χ1) is 18.6. The van der Waals surface area contributed by atoms with Gasteiger partial charge < -0.3 is 9.47 Å². The van der Waals surface area contributed by atoms with E-state index in [4.69, 9.17) is 21.1 Å². The first-order valence-electron chi connectivity index (χ1n) is 10.8. The van der Waals surface area contributed by atoms with Gasteiger partial charge in [-0.15, -0.1) is 11.3 Å². The van der Waals surface area contributed by atoms with Crippen LogP contribution in [0.3, 0.4) is 0 Å². The topological polar surface area (TPSA) is 151 Å². The van der Waals surface area contributed by atoms with E-state index in [-0.39, 0.29) is 38.6 Å². The summed E-state index contributed by atoms with van der Waals surface area (Å²) >= 11 is 10.7. The van der Waals surface area contributed by atoms with E-state index in [0.717, 1.165) is 11.3 Å². The van der Waals surface area contributed by atoms with Crippen molar-refractivity contribution in [1.82, 2.24) is 0 Å². The second-order valence-corrected chi connectivity index (χ2v) is 10.2. The molecule has 0 atom stereocenters. The van der Waals surface area contributed by atoms with Gasteiger partial charge in [0.25, 0.3) is 11.4 Å². The molecule has 0 unspecified atom stereocenters. The molecule has 0 bridgehead atoms. The Balaban J connectivity index is 1.45. The Bertz CT molecular complexity index is 1780. The Kier molecular flexibility index (Phi) is 6.95. The number of ether oxygens (including phenoxy) is 2. The quantitative estimate of drug-likeness (QED) is 0.0752. The summed E-state index contributed by atoms with van der Waals surface area (Å²) in [6, 6.07) is 14.1. The SMILES string of the molecule is O=C1OC(c2ccc([N+](=O)[O-])cc2)=N/C1=C/c1cc(Br)ccc1OC(=O)c1sc2cc([N+](=O)[O-])ccc2c1Cl. The lowest BCUT2D eigenvalue weighted by atomic mass is 10.1. The molecule has 0 saturated carbocycles. The van der Waals surface area contributed by atoms with E-state index in [1.165, 1.54) is 54.6 Å². The fraction of sp³-hybridized carbons (Fsp3) is 0. The predicted molar refractivity (Wildman–Crippen MR) is 146 cm³/mol. The molecule has 0 radical (unpaired) electrons. The fourth-order valence-corrected chi connectivity index (χ4v) is 5.37. The number of rotatable bonds is 6. The number of fused-ring (bicyclic) bond motifs is 1. The number of nitrogens with zero attached hydrogens (tertiary/aromatic N) is 3. The van der Waals surface area contributed by atoms with Crippen LogP contribution in [0.5, 0.6) is 5.75 Å². The van der Waals surface area contributed by atoms with Gasteiger partial charge in [0.2, 0.25) is 5.90 Å². The van der Waals surface area contributed by atoms with Crippen molar-refractivity contribution in [3.05, 3.63) is 112 Å². The molecule has 0 N–H and O–H groups in total.